The van der Waals surface area contributed by atoms with E-state index in [2.05, 4.69) is 31.2 Å². The molecular formula is C22H21ClNOS. The third kappa shape index (κ3) is 4.89. The maximum atomic E-state index is 6.38. The van der Waals surface area contributed by atoms with Crippen LogP contribution < -0.4 is 5.73 Å². The lowest BCUT2D eigenvalue weighted by molar-refractivity contribution is 0.364. The number of hydrogen-bond acceptors (Lipinski definition) is 3. The first-order chi connectivity index (χ1) is 12.4. The molecule has 0 fully saturated rings. The minimum absolute atomic E-state index is 0.577. The molecule has 133 valence electrons. The molecule has 0 saturated carbocycles. The van der Waals surface area contributed by atoms with Crippen LogP contribution in [0.4, 0.5) is 0 Å². The minimum atomic E-state index is -0.702. The Labute approximate surface area is 164 Å². The van der Waals surface area contributed by atoms with E-state index in [1.54, 1.807) is 0 Å². The summed E-state index contributed by atoms with van der Waals surface area (Å²) in [5.74, 6) is 0. The number of nitrogens with two attached hydrogens (primary N) is 1. The molecule has 26 heavy (non-hydrogen) atoms. The monoisotopic (exact) mass is 382 g/mol. The van der Waals surface area contributed by atoms with Crippen LogP contribution in [-0.2, 0) is 16.3 Å². The zero-order valence-electron chi connectivity index (χ0n) is 14.6. The highest BCUT2D eigenvalue weighted by atomic mass is 35.5. The molecule has 3 aromatic rings. The fourth-order valence-electron chi connectivity index (χ4n) is 2.60. The molecule has 0 aromatic heterocycles. The zero-order chi connectivity index (χ0) is 18.6. The quantitative estimate of drug-likeness (QED) is 0.512. The minimum Gasteiger partial charge on any atom is -0.322 e. The highest BCUT2D eigenvalue weighted by Crippen LogP contribution is 2.31. The van der Waals surface area contributed by atoms with Crippen molar-refractivity contribution in [3.63, 3.8) is 0 Å². The van der Waals surface area contributed by atoms with Crippen LogP contribution in [0, 0.1) is 6.92 Å². The summed E-state index contributed by atoms with van der Waals surface area (Å²) in [6.07, 6.45) is 0. The number of halogens is 1. The molecule has 1 unspecified atom stereocenters. The van der Waals surface area contributed by atoms with Crippen molar-refractivity contribution in [1.29, 1.82) is 0 Å². The van der Waals surface area contributed by atoms with E-state index in [9.17, 15) is 0 Å². The van der Waals surface area contributed by atoms with Gasteiger partial charge in [0.25, 0.3) is 0 Å². The first-order valence-electron chi connectivity index (χ1n) is 8.31. The summed E-state index contributed by atoms with van der Waals surface area (Å²) >= 11 is 7.76. The second-order valence-electron chi connectivity index (χ2n) is 6.47. The van der Waals surface area contributed by atoms with Gasteiger partial charge in [0.2, 0.25) is 0 Å². The second-order valence-corrected chi connectivity index (χ2v) is 7.75. The predicted octanol–water partition coefficient (Wildman–Crippen LogP) is 6.24. The van der Waals surface area contributed by atoms with Crippen LogP contribution in [-0.4, -0.2) is 0 Å². The van der Waals surface area contributed by atoms with E-state index in [1.807, 2.05) is 55.5 Å². The lowest BCUT2D eigenvalue weighted by atomic mass is 9.93. The van der Waals surface area contributed by atoms with Crippen molar-refractivity contribution in [2.24, 2.45) is 5.73 Å². The molecule has 0 spiro atoms. The van der Waals surface area contributed by atoms with Crippen LogP contribution in [0.15, 0.2) is 77.7 Å². The van der Waals surface area contributed by atoms with Crippen molar-refractivity contribution in [2.75, 3.05) is 0 Å². The highest BCUT2D eigenvalue weighted by molar-refractivity contribution is 7.94. The van der Waals surface area contributed by atoms with Gasteiger partial charge in [0.15, 0.2) is 0 Å². The van der Waals surface area contributed by atoms with E-state index in [1.165, 1.54) is 12.0 Å². The largest absolute Gasteiger partial charge is 0.322 e. The van der Waals surface area contributed by atoms with Gasteiger partial charge >= 0.3 is 0 Å². The number of benzene rings is 3. The third-order valence-electron chi connectivity index (χ3n) is 4.00. The molecule has 2 N–H and O–H groups in total. The molecule has 0 aliphatic rings. The Bertz CT molecular complexity index is 858. The summed E-state index contributed by atoms with van der Waals surface area (Å²) in [6.45, 7) is 6.36. The molecule has 0 amide bonds. The van der Waals surface area contributed by atoms with Gasteiger partial charge in [-0.25, -0.2) is 0 Å². The van der Waals surface area contributed by atoms with Crippen LogP contribution in [0.3, 0.4) is 0 Å². The van der Waals surface area contributed by atoms with Crippen molar-refractivity contribution >= 4 is 23.6 Å². The summed E-state index contributed by atoms with van der Waals surface area (Å²) < 4.78 is 5.70. The van der Waals surface area contributed by atoms with E-state index in [-0.39, 0.29) is 0 Å². The van der Waals surface area contributed by atoms with Crippen LogP contribution in [0.1, 0.15) is 18.1 Å². The second kappa shape index (κ2) is 8.28. The standard InChI is InChI=1S/C22H21ClNOS/c1-22(2,24)20-13-10-18(14-21(20)23)17-8-11-19(12-9-17)26-25-15-16-6-4-3-5-7-16/h3-14H,1,15,24H2,2H3. The van der Waals surface area contributed by atoms with Gasteiger partial charge in [0, 0.05) is 27.5 Å². The molecule has 0 bridgehead atoms. The van der Waals surface area contributed by atoms with Crippen molar-refractivity contribution < 1.29 is 4.18 Å². The molecule has 4 heteroatoms. The molecule has 1 atom stereocenters. The normalized spacial score (nSPS) is 11.5. The summed E-state index contributed by atoms with van der Waals surface area (Å²) in [5.41, 5.74) is 9.47. The molecule has 2 nitrogen and oxygen atoms in total. The van der Waals surface area contributed by atoms with Gasteiger partial charge in [-0.15, -0.1) is 0 Å². The van der Waals surface area contributed by atoms with E-state index >= 15 is 0 Å². The molecule has 3 aromatic carbocycles. The van der Waals surface area contributed by atoms with Crippen LogP contribution in [0.25, 0.3) is 11.1 Å². The van der Waals surface area contributed by atoms with E-state index in [0.29, 0.717) is 11.6 Å². The SMILES string of the molecule is [CH2]C(C)(N)c1ccc(-c2ccc(SOCc3ccccc3)cc2)cc1Cl. The molecule has 0 aliphatic carbocycles. The molecule has 0 aliphatic heterocycles. The third-order valence-corrected chi connectivity index (χ3v) is 5.01. The Balaban J connectivity index is 1.65. The van der Waals surface area contributed by atoms with Gasteiger partial charge < -0.3 is 9.92 Å². The Morgan fingerprint density at radius 3 is 2.27 bits per heavy atom. The Hall–Kier alpha value is -1.78. The van der Waals surface area contributed by atoms with Gasteiger partial charge in [-0.1, -0.05) is 66.2 Å². The maximum absolute atomic E-state index is 6.38. The number of rotatable bonds is 6. The average Bonchev–Trinajstić information content (AvgIpc) is 2.62. The first-order valence-corrected chi connectivity index (χ1v) is 9.43. The van der Waals surface area contributed by atoms with Gasteiger partial charge in [-0.2, -0.15) is 0 Å². The van der Waals surface area contributed by atoms with E-state index < -0.39 is 5.54 Å². The molecule has 1 radical (unpaired) electrons. The summed E-state index contributed by atoms with van der Waals surface area (Å²) in [7, 11) is 0. The Morgan fingerprint density at radius 1 is 1.00 bits per heavy atom. The molecule has 0 heterocycles. The fraction of sp³-hybridized carbons (Fsp3) is 0.136. The summed E-state index contributed by atoms with van der Waals surface area (Å²) in [6, 6.07) is 24.2. The van der Waals surface area contributed by atoms with Gasteiger partial charge in [-0.05, 0) is 54.3 Å². The summed E-state index contributed by atoms with van der Waals surface area (Å²) in [5, 5.41) is 0.632. The fourth-order valence-corrected chi connectivity index (χ4v) is 3.58. The lowest BCUT2D eigenvalue weighted by Crippen LogP contribution is -2.29. The van der Waals surface area contributed by atoms with Gasteiger partial charge in [0.05, 0.1) is 6.61 Å². The zero-order valence-corrected chi connectivity index (χ0v) is 16.2. The summed E-state index contributed by atoms with van der Waals surface area (Å²) in [4.78, 5) is 1.06. The van der Waals surface area contributed by atoms with E-state index in [0.717, 1.165) is 27.1 Å². The predicted molar refractivity (Wildman–Crippen MR) is 111 cm³/mol. The van der Waals surface area contributed by atoms with Crippen molar-refractivity contribution in [3.05, 3.63) is 95.9 Å². The van der Waals surface area contributed by atoms with Gasteiger partial charge in [-0.3, -0.25) is 0 Å². The molecule has 3 rings (SSSR count). The van der Waals surface area contributed by atoms with Crippen LogP contribution in [0.5, 0.6) is 0 Å². The first kappa shape index (κ1) is 19.0. The van der Waals surface area contributed by atoms with Crippen LogP contribution >= 0.6 is 23.6 Å². The lowest BCUT2D eigenvalue weighted by Gasteiger charge is -2.21. The average molecular weight is 383 g/mol. The maximum Gasteiger partial charge on any atom is 0.0869 e. The van der Waals surface area contributed by atoms with Crippen molar-refractivity contribution in [3.8, 4) is 11.1 Å². The van der Waals surface area contributed by atoms with Crippen molar-refractivity contribution in [1.82, 2.24) is 0 Å². The van der Waals surface area contributed by atoms with E-state index in [4.69, 9.17) is 21.5 Å². The van der Waals surface area contributed by atoms with Gasteiger partial charge in [0.1, 0.15) is 0 Å². The molecular weight excluding hydrogens is 362 g/mol. The number of hydrogen-bond donors (Lipinski definition) is 1. The molecule has 0 saturated heterocycles. The smallest absolute Gasteiger partial charge is 0.0869 e. The Kier molecular flexibility index (Phi) is 6.05. The highest BCUT2D eigenvalue weighted by Gasteiger charge is 2.18. The topological polar surface area (TPSA) is 35.2 Å². The van der Waals surface area contributed by atoms with Crippen molar-refractivity contribution in [2.45, 2.75) is 24.0 Å². The van der Waals surface area contributed by atoms with Crippen LogP contribution in [0.2, 0.25) is 5.02 Å². The Morgan fingerprint density at radius 2 is 1.65 bits per heavy atom.